The highest BCUT2D eigenvalue weighted by atomic mass is 35.5. The number of methoxy groups -OCH3 is 1. The highest BCUT2D eigenvalue weighted by molar-refractivity contribution is 6.34. The molecular weight excluding hydrogens is 294 g/mol. The van der Waals surface area contributed by atoms with Crippen molar-refractivity contribution in [2.45, 2.75) is 0 Å². The Labute approximate surface area is 125 Å². The summed E-state index contributed by atoms with van der Waals surface area (Å²) in [6, 6.07) is 7.51. The number of rotatable bonds is 3. The van der Waals surface area contributed by atoms with Crippen molar-refractivity contribution in [3.05, 3.63) is 52.7 Å². The second-order valence-electron chi connectivity index (χ2n) is 4.11. The van der Waals surface area contributed by atoms with E-state index in [1.54, 1.807) is 0 Å². The summed E-state index contributed by atoms with van der Waals surface area (Å²) in [6.07, 6.45) is 1.35. The molecule has 0 saturated heterocycles. The van der Waals surface area contributed by atoms with Gasteiger partial charge in [-0.2, -0.15) is 0 Å². The first-order valence-electron chi connectivity index (χ1n) is 5.92. The van der Waals surface area contributed by atoms with Crippen molar-refractivity contribution in [3.63, 3.8) is 0 Å². The number of ether oxygens (including phenoxy) is 1. The highest BCUT2D eigenvalue weighted by Gasteiger charge is 2.12. The lowest BCUT2D eigenvalue weighted by Crippen LogP contribution is -2.13. The molecule has 0 atom stereocenters. The van der Waals surface area contributed by atoms with Crippen LogP contribution in [0.5, 0.6) is 0 Å². The van der Waals surface area contributed by atoms with E-state index in [-0.39, 0.29) is 5.56 Å². The van der Waals surface area contributed by atoms with Crippen LogP contribution in [0.4, 0.5) is 11.5 Å². The van der Waals surface area contributed by atoms with E-state index < -0.39 is 11.9 Å². The van der Waals surface area contributed by atoms with Gasteiger partial charge in [0.2, 0.25) is 0 Å². The number of hydrogen-bond acceptors (Lipinski definition) is 5. The van der Waals surface area contributed by atoms with Gasteiger partial charge >= 0.3 is 5.97 Å². The van der Waals surface area contributed by atoms with Crippen LogP contribution in [0, 0.1) is 0 Å². The van der Waals surface area contributed by atoms with Gasteiger partial charge in [-0.05, 0) is 30.3 Å². The molecule has 7 heteroatoms. The third kappa shape index (κ3) is 3.49. The Morgan fingerprint density at radius 2 is 1.95 bits per heavy atom. The number of anilines is 2. The Morgan fingerprint density at radius 3 is 2.57 bits per heavy atom. The quantitative estimate of drug-likeness (QED) is 0.849. The fourth-order valence-corrected chi connectivity index (χ4v) is 1.76. The number of pyridine rings is 1. The smallest absolute Gasteiger partial charge is 0.337 e. The average molecular weight is 306 g/mol. The first-order valence-corrected chi connectivity index (χ1v) is 6.30. The van der Waals surface area contributed by atoms with E-state index in [9.17, 15) is 9.59 Å². The molecule has 2 aromatic rings. The van der Waals surface area contributed by atoms with Crippen LogP contribution in [0.3, 0.4) is 0 Å². The first kappa shape index (κ1) is 14.8. The summed E-state index contributed by atoms with van der Waals surface area (Å²) in [6.45, 7) is 0. The first-order chi connectivity index (χ1) is 10.0. The molecule has 3 N–H and O–H groups in total. The summed E-state index contributed by atoms with van der Waals surface area (Å²) in [5.41, 5.74) is 6.37. The summed E-state index contributed by atoms with van der Waals surface area (Å²) in [4.78, 5) is 27.4. The fraction of sp³-hybridized carbons (Fsp3) is 0.0714. The van der Waals surface area contributed by atoms with E-state index in [1.807, 2.05) is 0 Å². The lowest BCUT2D eigenvalue weighted by molar-refractivity contribution is 0.0600. The van der Waals surface area contributed by atoms with Gasteiger partial charge in [0.05, 0.1) is 28.9 Å². The van der Waals surface area contributed by atoms with Crippen LogP contribution in [0.15, 0.2) is 36.5 Å². The number of esters is 1. The summed E-state index contributed by atoms with van der Waals surface area (Å²) in [5, 5.41) is 2.91. The number of carbonyl (C=O) groups is 2. The van der Waals surface area contributed by atoms with Gasteiger partial charge in [0, 0.05) is 6.20 Å². The molecule has 1 amide bonds. The molecule has 1 heterocycles. The number of benzene rings is 1. The van der Waals surface area contributed by atoms with Crippen LogP contribution < -0.4 is 11.1 Å². The second-order valence-corrected chi connectivity index (χ2v) is 4.52. The molecule has 1 aromatic carbocycles. The number of nitrogens with zero attached hydrogens (tertiary/aromatic N) is 1. The molecule has 21 heavy (non-hydrogen) atoms. The van der Waals surface area contributed by atoms with Crippen LogP contribution in [-0.4, -0.2) is 24.0 Å². The van der Waals surface area contributed by atoms with Crippen molar-refractivity contribution in [2.24, 2.45) is 0 Å². The fourth-order valence-electron chi connectivity index (χ4n) is 1.60. The zero-order chi connectivity index (χ0) is 15.4. The summed E-state index contributed by atoms with van der Waals surface area (Å²) < 4.78 is 4.62. The maximum atomic E-state index is 12.1. The molecule has 0 fully saturated rings. The van der Waals surface area contributed by atoms with Gasteiger partial charge in [-0.3, -0.25) is 4.79 Å². The number of amides is 1. The van der Waals surface area contributed by atoms with Crippen LogP contribution in [0.2, 0.25) is 5.02 Å². The van der Waals surface area contributed by atoms with E-state index in [2.05, 4.69) is 15.0 Å². The lowest BCUT2D eigenvalue weighted by Gasteiger charge is -2.09. The molecule has 0 aliphatic rings. The van der Waals surface area contributed by atoms with Crippen molar-refractivity contribution in [1.82, 2.24) is 4.98 Å². The zero-order valence-corrected chi connectivity index (χ0v) is 11.8. The second kappa shape index (κ2) is 6.23. The molecular formula is C14H12ClN3O3. The average Bonchev–Trinajstić information content (AvgIpc) is 2.49. The molecule has 0 unspecified atom stereocenters. The van der Waals surface area contributed by atoms with E-state index in [4.69, 9.17) is 17.3 Å². The zero-order valence-electron chi connectivity index (χ0n) is 11.1. The topological polar surface area (TPSA) is 94.3 Å². The van der Waals surface area contributed by atoms with Gasteiger partial charge in [-0.15, -0.1) is 0 Å². The highest BCUT2D eigenvalue weighted by Crippen LogP contribution is 2.24. The van der Waals surface area contributed by atoms with Crippen molar-refractivity contribution in [2.75, 3.05) is 18.2 Å². The van der Waals surface area contributed by atoms with Gasteiger partial charge in [0.15, 0.2) is 0 Å². The van der Waals surface area contributed by atoms with Crippen molar-refractivity contribution in [1.29, 1.82) is 0 Å². The van der Waals surface area contributed by atoms with E-state index in [0.717, 1.165) is 0 Å². The van der Waals surface area contributed by atoms with E-state index >= 15 is 0 Å². The van der Waals surface area contributed by atoms with Gasteiger partial charge < -0.3 is 15.8 Å². The molecule has 0 aliphatic carbocycles. The number of hydrogen-bond donors (Lipinski definition) is 2. The lowest BCUT2D eigenvalue weighted by atomic mass is 10.2. The molecule has 2 rings (SSSR count). The Hall–Kier alpha value is -2.60. The van der Waals surface area contributed by atoms with E-state index in [1.165, 1.54) is 43.6 Å². The van der Waals surface area contributed by atoms with Crippen LogP contribution in [-0.2, 0) is 4.74 Å². The number of halogens is 1. The minimum atomic E-state index is -0.517. The maximum Gasteiger partial charge on any atom is 0.337 e. The Balaban J connectivity index is 2.24. The largest absolute Gasteiger partial charge is 0.465 e. The number of nitrogen functional groups attached to an aromatic ring is 1. The predicted molar refractivity (Wildman–Crippen MR) is 79.4 cm³/mol. The SMILES string of the molecule is COC(=O)c1ccc(Cl)c(NC(=O)c2ccc(N)nc2)c1. The van der Waals surface area contributed by atoms with Crippen LogP contribution in [0.1, 0.15) is 20.7 Å². The maximum absolute atomic E-state index is 12.1. The number of nitrogens with two attached hydrogens (primary N) is 1. The summed E-state index contributed by atoms with van der Waals surface area (Å²) in [5.74, 6) is -0.611. The Morgan fingerprint density at radius 1 is 1.24 bits per heavy atom. The predicted octanol–water partition coefficient (Wildman–Crippen LogP) is 2.36. The van der Waals surface area contributed by atoms with Crippen LogP contribution >= 0.6 is 11.6 Å². The van der Waals surface area contributed by atoms with Gasteiger partial charge in [-0.25, -0.2) is 9.78 Å². The van der Waals surface area contributed by atoms with Gasteiger partial charge in [0.1, 0.15) is 5.82 Å². The monoisotopic (exact) mass is 305 g/mol. The van der Waals surface area contributed by atoms with Crippen molar-refractivity contribution >= 4 is 35.0 Å². The standard InChI is InChI=1S/C14H12ClN3O3/c1-21-14(20)8-2-4-10(15)11(6-8)18-13(19)9-3-5-12(16)17-7-9/h2-7H,1H3,(H2,16,17)(H,18,19). The molecule has 108 valence electrons. The minimum Gasteiger partial charge on any atom is -0.465 e. The molecule has 0 bridgehead atoms. The summed E-state index contributed by atoms with van der Waals surface area (Å²) in [7, 11) is 1.27. The minimum absolute atomic E-state index is 0.285. The Bertz CT molecular complexity index is 686. The molecule has 0 radical (unpaired) electrons. The van der Waals surface area contributed by atoms with Crippen LogP contribution in [0.25, 0.3) is 0 Å². The number of aromatic nitrogens is 1. The number of carbonyl (C=O) groups excluding carboxylic acids is 2. The molecule has 0 aliphatic heterocycles. The molecule has 1 aromatic heterocycles. The van der Waals surface area contributed by atoms with Gasteiger partial charge in [-0.1, -0.05) is 11.6 Å². The van der Waals surface area contributed by atoms with Gasteiger partial charge in [0.25, 0.3) is 5.91 Å². The summed E-state index contributed by atoms with van der Waals surface area (Å²) >= 11 is 6.00. The number of nitrogens with one attached hydrogen (secondary N) is 1. The van der Waals surface area contributed by atoms with E-state index in [0.29, 0.717) is 22.1 Å². The van der Waals surface area contributed by atoms with Crippen molar-refractivity contribution < 1.29 is 14.3 Å². The van der Waals surface area contributed by atoms with Crippen molar-refractivity contribution in [3.8, 4) is 0 Å². The molecule has 0 saturated carbocycles. The molecule has 0 spiro atoms. The third-order valence-electron chi connectivity index (χ3n) is 2.68. The Kier molecular flexibility index (Phi) is 4.39. The molecule has 6 nitrogen and oxygen atoms in total. The third-order valence-corrected chi connectivity index (χ3v) is 3.01. The normalized spacial score (nSPS) is 10.0.